The first kappa shape index (κ1) is 9.41. The SMILES string of the molecule is CC[CH]=[GeH][C](C)(C)CC. The Labute approximate surface area is 65.1 Å². The van der Waals surface area contributed by atoms with Gasteiger partial charge in [-0.25, -0.2) is 0 Å². The van der Waals surface area contributed by atoms with Crippen LogP contribution in [-0.4, -0.2) is 19.8 Å². The van der Waals surface area contributed by atoms with Crippen LogP contribution in [0.2, 0.25) is 4.25 Å². The van der Waals surface area contributed by atoms with E-state index in [9.17, 15) is 0 Å². The summed E-state index contributed by atoms with van der Waals surface area (Å²) in [5, 5.41) is 0. The van der Waals surface area contributed by atoms with Crippen molar-refractivity contribution in [2.24, 2.45) is 0 Å². The first-order chi connectivity index (χ1) is 4.12. The molecule has 0 amide bonds. The predicted molar refractivity (Wildman–Crippen MR) is 47.8 cm³/mol. The van der Waals surface area contributed by atoms with Crippen molar-refractivity contribution in [2.75, 3.05) is 0 Å². The molecule has 9 heavy (non-hydrogen) atoms. The van der Waals surface area contributed by atoms with Crippen molar-refractivity contribution in [3.8, 4) is 0 Å². The summed E-state index contributed by atoms with van der Waals surface area (Å²) in [5.41, 5.74) is 0. The zero-order valence-electron chi connectivity index (χ0n) is 7.07. The number of rotatable bonds is 3. The molecule has 0 nitrogen and oxygen atoms in total. The molecule has 54 valence electrons. The van der Waals surface area contributed by atoms with Gasteiger partial charge in [0, 0.05) is 0 Å². The molecular weight excluding hydrogens is 169 g/mol. The molecule has 0 radical (unpaired) electrons. The molecule has 0 atom stereocenters. The summed E-state index contributed by atoms with van der Waals surface area (Å²) >= 11 is -0.0295. The van der Waals surface area contributed by atoms with Crippen molar-refractivity contribution in [1.29, 1.82) is 0 Å². The second-order valence-electron chi connectivity index (χ2n) is 3.15. The van der Waals surface area contributed by atoms with Gasteiger partial charge in [-0.1, -0.05) is 0 Å². The van der Waals surface area contributed by atoms with Crippen LogP contribution in [-0.2, 0) is 0 Å². The molecule has 0 rings (SSSR count). The van der Waals surface area contributed by atoms with E-state index in [1.54, 1.807) is 0 Å². The monoisotopic (exact) mass is 188 g/mol. The second kappa shape index (κ2) is 4.26. The Balaban J connectivity index is 3.70. The molecule has 1 heteroatoms. The van der Waals surface area contributed by atoms with Crippen molar-refractivity contribution >= 4 is 19.8 Å². The fourth-order valence-corrected chi connectivity index (χ4v) is 2.88. The Morgan fingerprint density at radius 3 is 2.22 bits per heavy atom. The van der Waals surface area contributed by atoms with Gasteiger partial charge < -0.3 is 0 Å². The van der Waals surface area contributed by atoms with E-state index in [-0.39, 0.29) is 15.0 Å². The summed E-state index contributed by atoms with van der Waals surface area (Å²) in [6, 6.07) is 0. The third kappa shape index (κ3) is 4.89. The molecule has 0 aliphatic rings. The van der Waals surface area contributed by atoms with Crippen LogP contribution in [0.5, 0.6) is 0 Å². The topological polar surface area (TPSA) is 0 Å². The van der Waals surface area contributed by atoms with E-state index in [0.717, 1.165) is 0 Å². The summed E-state index contributed by atoms with van der Waals surface area (Å²) in [5.74, 6) is 0. The molecule has 0 N–H and O–H groups in total. The Kier molecular flexibility index (Phi) is 4.46. The second-order valence-corrected chi connectivity index (χ2v) is 8.12. The van der Waals surface area contributed by atoms with Gasteiger partial charge in [-0.15, -0.1) is 0 Å². The van der Waals surface area contributed by atoms with E-state index in [2.05, 4.69) is 32.5 Å². The van der Waals surface area contributed by atoms with E-state index in [4.69, 9.17) is 0 Å². The third-order valence-electron chi connectivity index (χ3n) is 1.72. The number of hydrogen-bond donors (Lipinski definition) is 0. The fraction of sp³-hybridized carbons (Fsp3) is 0.875. The van der Waals surface area contributed by atoms with Crippen molar-refractivity contribution in [1.82, 2.24) is 0 Å². The molecule has 0 aliphatic carbocycles. The van der Waals surface area contributed by atoms with E-state index < -0.39 is 0 Å². The standard InChI is InChI=1S/C8H18Ge/c1-5-7-9-8(3,4)6-2/h7,9H,5-6H2,1-4H3. The van der Waals surface area contributed by atoms with Crippen molar-refractivity contribution in [2.45, 2.75) is 44.8 Å². The normalized spacial score (nSPS) is 12.9. The van der Waals surface area contributed by atoms with Gasteiger partial charge in [-0.05, 0) is 0 Å². The first-order valence-electron chi connectivity index (χ1n) is 3.80. The van der Waals surface area contributed by atoms with Crippen LogP contribution in [0.1, 0.15) is 40.5 Å². The Bertz CT molecular complexity index is 92.7. The Morgan fingerprint density at radius 1 is 1.33 bits per heavy atom. The summed E-state index contributed by atoms with van der Waals surface area (Å²) in [6.07, 6.45) is 2.63. The molecule has 0 aromatic carbocycles. The molecular formula is C8H18Ge. The summed E-state index contributed by atoms with van der Waals surface area (Å²) in [6.45, 7) is 9.31. The predicted octanol–water partition coefficient (Wildman–Crippen LogP) is 2.24. The van der Waals surface area contributed by atoms with E-state index in [1.165, 1.54) is 12.8 Å². The maximum atomic E-state index is 2.52. The summed E-state index contributed by atoms with van der Waals surface area (Å²) in [4.78, 5) is 2.52. The van der Waals surface area contributed by atoms with Gasteiger partial charge in [-0.3, -0.25) is 0 Å². The van der Waals surface area contributed by atoms with E-state index in [1.807, 2.05) is 0 Å². The molecule has 0 fully saturated rings. The third-order valence-corrected chi connectivity index (χ3v) is 5.95. The van der Waals surface area contributed by atoms with Crippen LogP contribution < -0.4 is 0 Å². The molecule has 0 aromatic rings. The quantitative estimate of drug-likeness (QED) is 0.594. The van der Waals surface area contributed by atoms with Crippen LogP contribution in [0.15, 0.2) is 0 Å². The van der Waals surface area contributed by atoms with Crippen molar-refractivity contribution in [3.63, 3.8) is 0 Å². The maximum absolute atomic E-state index is 2.52. The van der Waals surface area contributed by atoms with Crippen LogP contribution in [0.3, 0.4) is 0 Å². The van der Waals surface area contributed by atoms with E-state index in [0.29, 0.717) is 4.25 Å². The molecule has 0 bridgehead atoms. The molecule has 0 aliphatic heterocycles. The molecule has 0 spiro atoms. The van der Waals surface area contributed by atoms with Gasteiger partial charge in [0.15, 0.2) is 0 Å². The van der Waals surface area contributed by atoms with Gasteiger partial charge in [0.1, 0.15) is 0 Å². The van der Waals surface area contributed by atoms with Crippen LogP contribution in [0, 0.1) is 0 Å². The minimum absolute atomic E-state index is 0.0295. The Morgan fingerprint density at radius 2 is 1.89 bits per heavy atom. The van der Waals surface area contributed by atoms with Crippen LogP contribution >= 0.6 is 0 Å². The van der Waals surface area contributed by atoms with Gasteiger partial charge >= 0.3 is 64.6 Å². The van der Waals surface area contributed by atoms with Gasteiger partial charge in [0.05, 0.1) is 0 Å². The molecule has 0 unspecified atom stereocenters. The molecule has 0 saturated heterocycles. The number of hydrogen-bond acceptors (Lipinski definition) is 0. The fourth-order valence-electron chi connectivity index (χ4n) is 0.555. The van der Waals surface area contributed by atoms with Crippen LogP contribution in [0.4, 0.5) is 0 Å². The zero-order valence-corrected chi connectivity index (χ0v) is 9.49. The summed E-state index contributed by atoms with van der Waals surface area (Å²) < 4.78 is 0.694. The average Bonchev–Trinajstić information content (AvgIpc) is 1.84. The average molecular weight is 187 g/mol. The molecule has 0 saturated carbocycles. The van der Waals surface area contributed by atoms with Crippen molar-refractivity contribution < 1.29 is 0 Å². The first-order valence-corrected chi connectivity index (χ1v) is 6.41. The Hall–Kier alpha value is 0.413. The van der Waals surface area contributed by atoms with Gasteiger partial charge in [0.25, 0.3) is 0 Å². The minimum atomic E-state index is -0.0295. The van der Waals surface area contributed by atoms with Gasteiger partial charge in [-0.2, -0.15) is 0 Å². The molecule has 0 heterocycles. The van der Waals surface area contributed by atoms with Crippen molar-refractivity contribution in [3.05, 3.63) is 0 Å². The van der Waals surface area contributed by atoms with Crippen LogP contribution in [0.25, 0.3) is 0 Å². The van der Waals surface area contributed by atoms with Gasteiger partial charge in [0.2, 0.25) is 0 Å². The summed E-state index contributed by atoms with van der Waals surface area (Å²) in [7, 11) is 0. The zero-order chi connectivity index (χ0) is 7.33. The molecule has 0 aromatic heterocycles. The van der Waals surface area contributed by atoms with E-state index >= 15 is 0 Å².